The maximum absolute atomic E-state index is 13.1. The number of carboxylic acid groups (broad SMARTS) is 1. The van der Waals surface area contributed by atoms with E-state index in [4.69, 9.17) is 5.11 Å². The van der Waals surface area contributed by atoms with Crippen LogP contribution in [0.15, 0.2) is 77.6 Å². The van der Waals surface area contributed by atoms with Crippen LogP contribution < -0.4 is 5.56 Å². The molecule has 0 spiro atoms. The topological polar surface area (TPSA) is 72.2 Å². The van der Waals surface area contributed by atoms with Crippen molar-refractivity contribution in [3.05, 3.63) is 106 Å². The molecule has 1 aromatic heterocycles. The molecule has 6 heteroatoms. The molecule has 0 saturated heterocycles. The van der Waals surface area contributed by atoms with Crippen LogP contribution in [-0.4, -0.2) is 20.6 Å². The largest absolute Gasteiger partial charge is 0.478 e. The fraction of sp³-hybridized carbons (Fsp3) is 0. The fourth-order valence-electron chi connectivity index (χ4n) is 3.01. The van der Waals surface area contributed by atoms with Gasteiger partial charge in [-0.05, 0) is 60.2 Å². The number of carbonyl (C=O) groups is 1. The van der Waals surface area contributed by atoms with Crippen LogP contribution in [0, 0.1) is 5.82 Å². The summed E-state index contributed by atoms with van der Waals surface area (Å²) in [5.41, 5.74) is 1.66. The van der Waals surface area contributed by atoms with Crippen LogP contribution in [-0.2, 0) is 0 Å². The summed E-state index contributed by atoms with van der Waals surface area (Å²) >= 11 is 0. The van der Waals surface area contributed by atoms with Gasteiger partial charge in [0.05, 0.1) is 22.2 Å². The third kappa shape index (κ3) is 3.68. The molecule has 0 radical (unpaired) electrons. The zero-order valence-corrected chi connectivity index (χ0v) is 15.1. The highest BCUT2D eigenvalue weighted by Crippen LogP contribution is 2.16. The van der Waals surface area contributed by atoms with Crippen LogP contribution in [0.5, 0.6) is 0 Å². The Balaban J connectivity index is 1.89. The van der Waals surface area contributed by atoms with Crippen molar-refractivity contribution in [1.29, 1.82) is 0 Å². The second-order valence-electron chi connectivity index (χ2n) is 6.36. The molecule has 0 fully saturated rings. The molecule has 0 atom stereocenters. The van der Waals surface area contributed by atoms with Gasteiger partial charge in [-0.2, -0.15) is 0 Å². The lowest BCUT2D eigenvalue weighted by molar-refractivity contribution is 0.0697. The molecule has 142 valence electrons. The smallest absolute Gasteiger partial charge is 0.335 e. The van der Waals surface area contributed by atoms with Crippen molar-refractivity contribution in [3.63, 3.8) is 0 Å². The van der Waals surface area contributed by atoms with Gasteiger partial charge in [0.1, 0.15) is 11.6 Å². The van der Waals surface area contributed by atoms with Gasteiger partial charge in [-0.25, -0.2) is 14.2 Å². The lowest BCUT2D eigenvalue weighted by Crippen LogP contribution is -2.22. The molecule has 4 aromatic rings. The number of carboxylic acids is 1. The lowest BCUT2D eigenvalue weighted by atomic mass is 10.1. The van der Waals surface area contributed by atoms with E-state index in [1.807, 2.05) is 0 Å². The number of benzene rings is 3. The van der Waals surface area contributed by atoms with Crippen LogP contribution in [0.2, 0.25) is 0 Å². The Bertz CT molecular complexity index is 1290. The predicted octanol–water partition coefficient (Wildman–Crippen LogP) is 4.39. The summed E-state index contributed by atoms with van der Waals surface area (Å²) in [6, 6.07) is 19.0. The first-order chi connectivity index (χ1) is 14.0. The van der Waals surface area contributed by atoms with Crippen LogP contribution in [0.4, 0.5) is 4.39 Å². The van der Waals surface area contributed by atoms with Crippen LogP contribution >= 0.6 is 0 Å². The van der Waals surface area contributed by atoms with E-state index in [1.54, 1.807) is 60.7 Å². The van der Waals surface area contributed by atoms with Gasteiger partial charge in [0, 0.05) is 0 Å². The van der Waals surface area contributed by atoms with Gasteiger partial charge >= 0.3 is 5.97 Å². The normalized spacial score (nSPS) is 11.2. The maximum atomic E-state index is 13.1. The first-order valence-electron chi connectivity index (χ1n) is 8.82. The van der Waals surface area contributed by atoms with Crippen molar-refractivity contribution in [2.24, 2.45) is 0 Å². The summed E-state index contributed by atoms with van der Waals surface area (Å²) in [7, 11) is 0. The first-order valence-corrected chi connectivity index (χ1v) is 8.82. The minimum atomic E-state index is -1.04. The van der Waals surface area contributed by atoms with Crippen molar-refractivity contribution in [3.8, 4) is 5.69 Å². The van der Waals surface area contributed by atoms with Crippen molar-refractivity contribution in [1.82, 2.24) is 9.55 Å². The maximum Gasteiger partial charge on any atom is 0.335 e. The van der Waals surface area contributed by atoms with E-state index in [0.717, 1.165) is 5.56 Å². The minimum absolute atomic E-state index is 0.124. The predicted molar refractivity (Wildman–Crippen MR) is 110 cm³/mol. The number of para-hydroxylation sites is 1. The Labute approximate surface area is 165 Å². The Morgan fingerprint density at radius 3 is 2.31 bits per heavy atom. The molecule has 1 N–H and O–H groups in total. The molecule has 0 aliphatic carbocycles. The van der Waals surface area contributed by atoms with Gasteiger partial charge in [-0.15, -0.1) is 0 Å². The number of hydrogen-bond donors (Lipinski definition) is 1. The number of hydrogen-bond acceptors (Lipinski definition) is 3. The van der Waals surface area contributed by atoms with Gasteiger partial charge in [0.15, 0.2) is 0 Å². The quantitative estimate of drug-likeness (QED) is 0.565. The molecule has 0 aliphatic heterocycles. The zero-order valence-electron chi connectivity index (χ0n) is 15.1. The van der Waals surface area contributed by atoms with Crippen LogP contribution in [0.1, 0.15) is 21.7 Å². The molecule has 5 nitrogen and oxygen atoms in total. The van der Waals surface area contributed by atoms with E-state index in [9.17, 15) is 14.0 Å². The highest BCUT2D eigenvalue weighted by molar-refractivity contribution is 5.88. The Morgan fingerprint density at radius 1 is 0.931 bits per heavy atom. The van der Waals surface area contributed by atoms with Gasteiger partial charge < -0.3 is 5.11 Å². The van der Waals surface area contributed by atoms with Crippen LogP contribution in [0.25, 0.3) is 28.7 Å². The molecule has 1 heterocycles. The Hall–Kier alpha value is -4.06. The summed E-state index contributed by atoms with van der Waals surface area (Å²) in [4.78, 5) is 28.9. The van der Waals surface area contributed by atoms with Gasteiger partial charge in [0.2, 0.25) is 0 Å². The lowest BCUT2D eigenvalue weighted by Gasteiger charge is -2.11. The molecule has 0 saturated carbocycles. The minimum Gasteiger partial charge on any atom is -0.478 e. The summed E-state index contributed by atoms with van der Waals surface area (Å²) in [5.74, 6) is -1.00. The highest BCUT2D eigenvalue weighted by Gasteiger charge is 2.12. The third-order valence-electron chi connectivity index (χ3n) is 4.47. The van der Waals surface area contributed by atoms with Crippen molar-refractivity contribution >= 4 is 29.0 Å². The number of rotatable bonds is 4. The zero-order chi connectivity index (χ0) is 20.4. The van der Waals surface area contributed by atoms with Crippen molar-refractivity contribution < 1.29 is 14.3 Å². The molecule has 29 heavy (non-hydrogen) atoms. The molecule has 0 aliphatic rings. The number of aromatic carboxylic acids is 1. The molecule has 3 aromatic carbocycles. The first kappa shape index (κ1) is 18.3. The van der Waals surface area contributed by atoms with E-state index in [1.165, 1.54) is 28.8 Å². The monoisotopic (exact) mass is 386 g/mol. The van der Waals surface area contributed by atoms with Gasteiger partial charge in [0.25, 0.3) is 5.56 Å². The fourth-order valence-corrected chi connectivity index (χ4v) is 3.01. The summed E-state index contributed by atoms with van der Waals surface area (Å²) < 4.78 is 14.6. The molecular weight excluding hydrogens is 371 g/mol. The SMILES string of the molecule is O=C(O)c1ccc(-n2c(/C=C/c3ccc(F)cc3)nc3ccccc3c2=O)cc1. The second-order valence-corrected chi connectivity index (χ2v) is 6.36. The average Bonchev–Trinajstić information content (AvgIpc) is 2.73. The van der Waals surface area contributed by atoms with E-state index in [0.29, 0.717) is 22.4 Å². The summed E-state index contributed by atoms with van der Waals surface area (Å²) in [5, 5.41) is 9.56. The third-order valence-corrected chi connectivity index (χ3v) is 4.47. The molecule has 0 amide bonds. The molecule has 0 unspecified atom stereocenters. The van der Waals surface area contributed by atoms with E-state index < -0.39 is 5.97 Å². The van der Waals surface area contributed by atoms with E-state index in [-0.39, 0.29) is 16.9 Å². The molecule has 0 bridgehead atoms. The standard InChI is InChI=1S/C23H15FN2O3/c24-17-10-5-15(6-11-17)7-14-21-25-20-4-2-1-3-19(20)22(27)26(21)18-12-8-16(9-13-18)23(28)29/h1-14H,(H,28,29)/b14-7+. The Morgan fingerprint density at radius 2 is 1.62 bits per heavy atom. The van der Waals surface area contributed by atoms with E-state index in [2.05, 4.69) is 4.98 Å². The average molecular weight is 386 g/mol. The van der Waals surface area contributed by atoms with Gasteiger partial charge in [-0.1, -0.05) is 30.3 Å². The van der Waals surface area contributed by atoms with E-state index >= 15 is 0 Å². The number of nitrogens with zero attached hydrogens (tertiary/aromatic N) is 2. The van der Waals surface area contributed by atoms with Gasteiger partial charge in [-0.3, -0.25) is 9.36 Å². The number of fused-ring (bicyclic) bond motifs is 1. The van der Waals surface area contributed by atoms with Crippen molar-refractivity contribution in [2.75, 3.05) is 0 Å². The molecular formula is C23H15FN2O3. The highest BCUT2D eigenvalue weighted by atomic mass is 19.1. The number of aromatic nitrogens is 2. The summed E-state index contributed by atoms with van der Waals surface area (Å²) in [6.07, 6.45) is 3.41. The molecule has 4 rings (SSSR count). The summed E-state index contributed by atoms with van der Waals surface area (Å²) in [6.45, 7) is 0. The Kier molecular flexibility index (Phi) is 4.75. The number of halogens is 1. The van der Waals surface area contributed by atoms with Crippen molar-refractivity contribution in [2.45, 2.75) is 0 Å². The van der Waals surface area contributed by atoms with Crippen LogP contribution in [0.3, 0.4) is 0 Å². The second kappa shape index (κ2) is 7.52.